The van der Waals surface area contributed by atoms with E-state index in [0.29, 0.717) is 5.41 Å². The predicted octanol–water partition coefficient (Wildman–Crippen LogP) is 4.86. The van der Waals surface area contributed by atoms with E-state index in [-0.39, 0.29) is 36.2 Å². The van der Waals surface area contributed by atoms with Crippen molar-refractivity contribution in [2.24, 2.45) is 5.41 Å². The third kappa shape index (κ3) is 7.28. The van der Waals surface area contributed by atoms with Crippen LogP contribution < -0.4 is 0 Å². The van der Waals surface area contributed by atoms with Gasteiger partial charge in [0.1, 0.15) is 0 Å². The van der Waals surface area contributed by atoms with Gasteiger partial charge in [-0.25, -0.2) is 0 Å². The van der Waals surface area contributed by atoms with E-state index >= 15 is 0 Å². The number of aliphatic hydroxyl groups is 1. The molecule has 0 spiro atoms. The quantitative estimate of drug-likeness (QED) is 0.568. The molecule has 0 saturated carbocycles. The molecule has 1 N–H and O–H groups in total. The molecule has 0 radical (unpaired) electrons. The van der Waals surface area contributed by atoms with E-state index < -0.39 is 0 Å². The Bertz CT molecular complexity index is 502. The molecule has 0 atom stereocenters. The molecule has 0 bridgehead atoms. The van der Waals surface area contributed by atoms with Gasteiger partial charge in [-0.05, 0) is 51.0 Å². The number of hydrogen-bond donors (Lipinski definition) is 1. The molecule has 0 heterocycles. The Morgan fingerprint density at radius 1 is 1.18 bits per heavy atom. The van der Waals surface area contributed by atoms with E-state index in [1.165, 1.54) is 36.0 Å². The second-order valence-corrected chi connectivity index (χ2v) is 6.67. The maximum absolute atomic E-state index is 8.81. The molecule has 0 aliphatic heterocycles. The van der Waals surface area contributed by atoms with Crippen molar-refractivity contribution in [3.05, 3.63) is 58.7 Å². The molecule has 0 aromatic heterocycles. The van der Waals surface area contributed by atoms with Crippen LogP contribution in [0.1, 0.15) is 53.9 Å². The van der Waals surface area contributed by atoms with E-state index in [4.69, 9.17) is 5.11 Å². The molecular weight excluding hydrogens is 279 g/mol. The summed E-state index contributed by atoms with van der Waals surface area (Å²) in [5.74, 6) is 0. The standard InChI is InChI=1S/C20H30O.Na.H/c1-16(8-6-9-17(2)13-15-21)11-12-19-18(3)10-7-14-20(19,4)5;;/h6,8-9,11-13,21H,7,10,14-15H2,1-5H3;;/b9-6+,12-11+,16-8+,17-13-;;. The number of hydrogen-bond acceptors (Lipinski definition) is 1. The van der Waals surface area contributed by atoms with Crippen molar-refractivity contribution in [2.75, 3.05) is 6.61 Å². The van der Waals surface area contributed by atoms with Crippen molar-refractivity contribution in [1.29, 1.82) is 0 Å². The van der Waals surface area contributed by atoms with Gasteiger partial charge in [-0.2, -0.15) is 0 Å². The summed E-state index contributed by atoms with van der Waals surface area (Å²) < 4.78 is 0. The molecule has 0 amide bonds. The van der Waals surface area contributed by atoms with Crippen LogP contribution in [0.25, 0.3) is 0 Å². The SMILES string of the molecule is CC1=C(/C=C/C(C)=C/C=C/C(C)=C\CO)C(C)(C)CCC1.[NaH]. The molecule has 118 valence electrons. The van der Waals surface area contributed by atoms with Crippen LogP contribution in [0.4, 0.5) is 0 Å². The van der Waals surface area contributed by atoms with Crippen LogP contribution in [0.2, 0.25) is 0 Å². The minimum atomic E-state index is 0. The molecule has 1 rings (SSSR count). The van der Waals surface area contributed by atoms with Crippen LogP contribution in [-0.2, 0) is 0 Å². The van der Waals surface area contributed by atoms with Crippen LogP contribution >= 0.6 is 0 Å². The number of aliphatic hydroxyl groups excluding tert-OH is 1. The van der Waals surface area contributed by atoms with E-state index in [2.05, 4.69) is 45.9 Å². The Hall–Kier alpha value is -0.340. The predicted molar refractivity (Wildman–Crippen MR) is 100 cm³/mol. The van der Waals surface area contributed by atoms with Gasteiger partial charge in [0, 0.05) is 0 Å². The fourth-order valence-electron chi connectivity index (χ4n) is 2.84. The Kier molecular flexibility index (Phi) is 10.3. The van der Waals surface area contributed by atoms with Crippen LogP contribution in [-0.4, -0.2) is 41.3 Å². The van der Waals surface area contributed by atoms with Gasteiger partial charge in [-0.1, -0.05) is 67.0 Å². The summed E-state index contributed by atoms with van der Waals surface area (Å²) >= 11 is 0. The average molecular weight is 310 g/mol. The third-order valence-corrected chi connectivity index (χ3v) is 4.19. The van der Waals surface area contributed by atoms with Gasteiger partial charge in [-0.15, -0.1) is 0 Å². The van der Waals surface area contributed by atoms with Crippen molar-refractivity contribution in [3.63, 3.8) is 0 Å². The molecule has 0 fully saturated rings. The van der Waals surface area contributed by atoms with E-state index in [1.54, 1.807) is 6.08 Å². The Labute approximate surface area is 158 Å². The molecule has 0 aromatic carbocycles. The molecule has 1 aliphatic rings. The molecule has 2 heteroatoms. The fourth-order valence-corrected chi connectivity index (χ4v) is 2.84. The van der Waals surface area contributed by atoms with Crippen molar-refractivity contribution in [3.8, 4) is 0 Å². The molecule has 0 aromatic rings. The van der Waals surface area contributed by atoms with Gasteiger partial charge in [-0.3, -0.25) is 0 Å². The van der Waals surface area contributed by atoms with Gasteiger partial charge < -0.3 is 5.11 Å². The molecular formula is C20H31NaO. The minimum absolute atomic E-state index is 0. The number of allylic oxidation sites excluding steroid dienone is 9. The fraction of sp³-hybridized carbons (Fsp3) is 0.500. The second kappa shape index (κ2) is 10.4. The van der Waals surface area contributed by atoms with Crippen LogP contribution in [0.15, 0.2) is 58.7 Å². The second-order valence-electron chi connectivity index (χ2n) is 6.67. The summed E-state index contributed by atoms with van der Waals surface area (Å²) in [4.78, 5) is 0. The Morgan fingerprint density at radius 2 is 1.86 bits per heavy atom. The molecule has 1 nitrogen and oxygen atoms in total. The van der Waals surface area contributed by atoms with Crippen LogP contribution in [0.5, 0.6) is 0 Å². The first-order valence-electron chi connectivity index (χ1n) is 7.87. The van der Waals surface area contributed by atoms with E-state index in [1.807, 2.05) is 19.1 Å². The topological polar surface area (TPSA) is 20.2 Å². The molecule has 0 saturated heterocycles. The van der Waals surface area contributed by atoms with Crippen molar-refractivity contribution in [1.82, 2.24) is 0 Å². The molecule has 22 heavy (non-hydrogen) atoms. The molecule has 1 aliphatic carbocycles. The summed E-state index contributed by atoms with van der Waals surface area (Å²) in [6.07, 6.45) is 16.3. The average Bonchev–Trinajstić information content (AvgIpc) is 2.37. The third-order valence-electron chi connectivity index (χ3n) is 4.19. The van der Waals surface area contributed by atoms with Crippen molar-refractivity contribution in [2.45, 2.75) is 53.9 Å². The monoisotopic (exact) mass is 310 g/mol. The van der Waals surface area contributed by atoms with Crippen LogP contribution in [0, 0.1) is 5.41 Å². The summed E-state index contributed by atoms with van der Waals surface area (Å²) in [6, 6.07) is 0. The van der Waals surface area contributed by atoms with E-state index in [9.17, 15) is 0 Å². The van der Waals surface area contributed by atoms with Gasteiger partial charge in [0.15, 0.2) is 0 Å². The van der Waals surface area contributed by atoms with Gasteiger partial charge in [0.2, 0.25) is 0 Å². The Morgan fingerprint density at radius 3 is 2.45 bits per heavy atom. The maximum atomic E-state index is 8.81. The zero-order valence-corrected chi connectivity index (χ0v) is 14.2. The zero-order valence-electron chi connectivity index (χ0n) is 14.2. The normalized spacial score (nSPS) is 19.9. The number of rotatable bonds is 5. The van der Waals surface area contributed by atoms with Gasteiger partial charge in [0.05, 0.1) is 6.61 Å². The summed E-state index contributed by atoms with van der Waals surface area (Å²) in [7, 11) is 0. The summed E-state index contributed by atoms with van der Waals surface area (Å²) in [6.45, 7) is 11.2. The first-order valence-corrected chi connectivity index (χ1v) is 7.87. The van der Waals surface area contributed by atoms with Crippen molar-refractivity contribution >= 4 is 29.6 Å². The Balaban J connectivity index is 0.00000441. The summed E-state index contributed by atoms with van der Waals surface area (Å²) in [5.41, 5.74) is 5.66. The molecule has 0 unspecified atom stereocenters. The van der Waals surface area contributed by atoms with Crippen molar-refractivity contribution < 1.29 is 5.11 Å². The van der Waals surface area contributed by atoms with Gasteiger partial charge in [0.25, 0.3) is 0 Å². The summed E-state index contributed by atoms with van der Waals surface area (Å²) in [5, 5.41) is 8.81. The first kappa shape index (κ1) is 21.7. The van der Waals surface area contributed by atoms with E-state index in [0.717, 1.165) is 5.57 Å². The first-order chi connectivity index (χ1) is 9.86. The zero-order chi connectivity index (χ0) is 15.9. The van der Waals surface area contributed by atoms with Gasteiger partial charge >= 0.3 is 29.6 Å². The van der Waals surface area contributed by atoms with Crippen LogP contribution in [0.3, 0.4) is 0 Å².